The first-order valence-corrected chi connectivity index (χ1v) is 7.23. The predicted molar refractivity (Wildman–Crippen MR) is 79.8 cm³/mol. The molecule has 0 saturated heterocycles. The zero-order valence-electron chi connectivity index (χ0n) is 12.8. The number of anilines is 1. The van der Waals surface area contributed by atoms with E-state index in [1.807, 2.05) is 18.2 Å². The van der Waals surface area contributed by atoms with Gasteiger partial charge in [0.2, 0.25) is 0 Å². The predicted octanol–water partition coefficient (Wildman–Crippen LogP) is 2.79. The number of benzene rings is 1. The number of aliphatic carboxylic acids is 1. The van der Waals surface area contributed by atoms with Gasteiger partial charge < -0.3 is 9.84 Å². The molecule has 0 aromatic heterocycles. The van der Waals surface area contributed by atoms with E-state index >= 15 is 0 Å². The van der Waals surface area contributed by atoms with E-state index < -0.39 is 18.1 Å². The molecule has 1 aliphatic rings. The summed E-state index contributed by atoms with van der Waals surface area (Å²) in [5.41, 5.74) is 1.60. The van der Waals surface area contributed by atoms with E-state index in [-0.39, 0.29) is 11.8 Å². The van der Waals surface area contributed by atoms with Crippen LogP contribution in [0.1, 0.15) is 45.6 Å². The summed E-state index contributed by atoms with van der Waals surface area (Å²) in [6.45, 7) is 7.50. The smallest absolute Gasteiger partial charge is 0.326 e. The van der Waals surface area contributed by atoms with Gasteiger partial charge in [0.05, 0.1) is 5.69 Å². The quantitative estimate of drug-likeness (QED) is 0.926. The maximum Gasteiger partial charge on any atom is 0.326 e. The van der Waals surface area contributed by atoms with Crippen LogP contribution in [-0.2, 0) is 9.59 Å². The Labute approximate surface area is 124 Å². The minimum Gasteiger partial charge on any atom is -0.480 e. The highest BCUT2D eigenvalue weighted by molar-refractivity contribution is 6.04. The third-order valence-corrected chi connectivity index (χ3v) is 3.78. The van der Waals surface area contributed by atoms with Crippen molar-refractivity contribution in [3.8, 4) is 5.75 Å². The maximum atomic E-state index is 12.4. The summed E-state index contributed by atoms with van der Waals surface area (Å²) in [5.74, 6) is -0.457. The Kier molecular flexibility index (Phi) is 4.21. The lowest BCUT2D eigenvalue weighted by Gasteiger charge is -2.36. The number of amides is 1. The summed E-state index contributed by atoms with van der Waals surface area (Å²) >= 11 is 0. The van der Waals surface area contributed by atoms with Gasteiger partial charge in [-0.25, -0.2) is 4.79 Å². The third-order valence-electron chi connectivity index (χ3n) is 3.78. The van der Waals surface area contributed by atoms with Gasteiger partial charge in [-0.15, -0.1) is 0 Å². The molecule has 0 saturated carbocycles. The van der Waals surface area contributed by atoms with Crippen molar-refractivity contribution in [1.82, 2.24) is 0 Å². The summed E-state index contributed by atoms with van der Waals surface area (Å²) in [4.78, 5) is 25.3. The molecular weight excluding hydrogens is 270 g/mol. The highest BCUT2D eigenvalue weighted by Gasteiger charge is 2.38. The fourth-order valence-corrected chi connectivity index (χ4v) is 2.53. The second-order valence-corrected chi connectivity index (χ2v) is 5.61. The molecule has 2 rings (SSSR count). The highest BCUT2D eigenvalue weighted by Crippen LogP contribution is 2.38. The lowest BCUT2D eigenvalue weighted by Crippen LogP contribution is -2.52. The largest absolute Gasteiger partial charge is 0.480 e. The summed E-state index contributed by atoms with van der Waals surface area (Å²) in [5, 5.41) is 9.40. The van der Waals surface area contributed by atoms with Crippen molar-refractivity contribution in [2.24, 2.45) is 0 Å². The van der Waals surface area contributed by atoms with E-state index in [9.17, 15) is 14.7 Å². The second-order valence-electron chi connectivity index (χ2n) is 5.61. The van der Waals surface area contributed by atoms with Crippen LogP contribution in [0.25, 0.3) is 0 Å². The Bertz CT molecular complexity index is 567. The van der Waals surface area contributed by atoms with Gasteiger partial charge in [-0.3, -0.25) is 9.69 Å². The molecule has 1 aromatic carbocycles. The molecule has 1 aliphatic heterocycles. The summed E-state index contributed by atoms with van der Waals surface area (Å²) in [6, 6.07) is 4.75. The Morgan fingerprint density at radius 3 is 2.62 bits per heavy atom. The molecule has 2 atom stereocenters. The van der Waals surface area contributed by atoms with E-state index in [0.29, 0.717) is 17.9 Å². The number of hydrogen-bond acceptors (Lipinski definition) is 3. The average molecular weight is 291 g/mol. The number of hydrogen-bond donors (Lipinski definition) is 1. The van der Waals surface area contributed by atoms with Gasteiger partial charge in [-0.2, -0.15) is 0 Å². The van der Waals surface area contributed by atoms with Crippen molar-refractivity contribution in [1.29, 1.82) is 0 Å². The molecule has 21 heavy (non-hydrogen) atoms. The van der Waals surface area contributed by atoms with Crippen LogP contribution < -0.4 is 9.64 Å². The number of carbonyl (C=O) groups excluding carboxylic acids is 1. The van der Waals surface area contributed by atoms with Crippen LogP contribution in [0.3, 0.4) is 0 Å². The van der Waals surface area contributed by atoms with E-state index in [1.54, 1.807) is 13.8 Å². The van der Waals surface area contributed by atoms with Crippen LogP contribution in [0.4, 0.5) is 5.69 Å². The number of fused-ring (bicyclic) bond motifs is 1. The van der Waals surface area contributed by atoms with Gasteiger partial charge >= 0.3 is 5.97 Å². The Morgan fingerprint density at radius 2 is 2.10 bits per heavy atom. The van der Waals surface area contributed by atoms with Gasteiger partial charge in [-0.05, 0) is 37.0 Å². The molecule has 0 fully saturated rings. The van der Waals surface area contributed by atoms with E-state index in [4.69, 9.17) is 4.74 Å². The Morgan fingerprint density at radius 1 is 1.43 bits per heavy atom. The molecular formula is C16H21NO4. The summed E-state index contributed by atoms with van der Waals surface area (Å²) in [7, 11) is 0. The first kappa shape index (κ1) is 15.4. The molecule has 0 bridgehead atoms. The van der Waals surface area contributed by atoms with Crippen LogP contribution in [0.5, 0.6) is 5.75 Å². The molecule has 2 unspecified atom stereocenters. The maximum absolute atomic E-state index is 12.4. The Balaban J connectivity index is 2.56. The lowest BCUT2D eigenvalue weighted by atomic mass is 10.00. The summed E-state index contributed by atoms with van der Waals surface area (Å²) < 4.78 is 5.60. The standard InChI is InChI=1S/C16H21NO4/c1-5-12(16(19)20)17-13-8-11(9(2)3)6-7-14(13)21-10(4)15(17)18/h6-10,12H,5H2,1-4H3,(H,19,20). The van der Waals surface area contributed by atoms with Crippen LogP contribution in [-0.4, -0.2) is 29.1 Å². The number of carboxylic acid groups (broad SMARTS) is 1. The van der Waals surface area contributed by atoms with Gasteiger partial charge in [0.25, 0.3) is 5.91 Å². The van der Waals surface area contributed by atoms with Crippen molar-refractivity contribution >= 4 is 17.6 Å². The van der Waals surface area contributed by atoms with E-state index in [2.05, 4.69) is 13.8 Å². The molecule has 114 valence electrons. The monoisotopic (exact) mass is 291 g/mol. The second kappa shape index (κ2) is 5.76. The SMILES string of the molecule is CCC(C(=O)O)N1C(=O)C(C)Oc2ccc(C(C)C)cc21. The van der Waals surface area contributed by atoms with Gasteiger partial charge in [0.1, 0.15) is 11.8 Å². The van der Waals surface area contributed by atoms with Crippen molar-refractivity contribution in [2.75, 3.05) is 4.90 Å². The van der Waals surface area contributed by atoms with Crippen molar-refractivity contribution in [3.63, 3.8) is 0 Å². The molecule has 0 aliphatic carbocycles. The van der Waals surface area contributed by atoms with Crippen LogP contribution >= 0.6 is 0 Å². The fourth-order valence-electron chi connectivity index (χ4n) is 2.53. The third kappa shape index (κ3) is 2.73. The minimum absolute atomic E-state index is 0.288. The topological polar surface area (TPSA) is 66.8 Å². The molecule has 1 heterocycles. The normalized spacial score (nSPS) is 19.2. The van der Waals surface area contributed by atoms with E-state index in [0.717, 1.165) is 5.56 Å². The molecule has 1 amide bonds. The van der Waals surface area contributed by atoms with Crippen molar-refractivity contribution < 1.29 is 19.4 Å². The van der Waals surface area contributed by atoms with Gasteiger partial charge in [0.15, 0.2) is 6.10 Å². The highest BCUT2D eigenvalue weighted by atomic mass is 16.5. The van der Waals surface area contributed by atoms with Gasteiger partial charge in [0, 0.05) is 0 Å². The average Bonchev–Trinajstić information content (AvgIpc) is 2.42. The molecule has 5 nitrogen and oxygen atoms in total. The lowest BCUT2D eigenvalue weighted by molar-refractivity contribution is -0.141. The fraction of sp³-hybridized carbons (Fsp3) is 0.500. The number of ether oxygens (including phenoxy) is 1. The minimum atomic E-state index is -0.999. The van der Waals surface area contributed by atoms with Gasteiger partial charge in [-0.1, -0.05) is 26.8 Å². The molecule has 0 radical (unpaired) electrons. The van der Waals surface area contributed by atoms with Crippen molar-refractivity contribution in [3.05, 3.63) is 23.8 Å². The van der Waals surface area contributed by atoms with E-state index in [1.165, 1.54) is 4.90 Å². The number of carbonyl (C=O) groups is 2. The first-order chi connectivity index (χ1) is 9.86. The Hall–Kier alpha value is -2.04. The van der Waals surface area contributed by atoms with Crippen molar-refractivity contribution in [2.45, 2.75) is 52.2 Å². The van der Waals surface area contributed by atoms with Crippen LogP contribution in [0.15, 0.2) is 18.2 Å². The van der Waals surface area contributed by atoms with Crippen LogP contribution in [0.2, 0.25) is 0 Å². The van der Waals surface area contributed by atoms with Crippen LogP contribution in [0, 0.1) is 0 Å². The molecule has 0 spiro atoms. The number of nitrogens with zero attached hydrogens (tertiary/aromatic N) is 1. The molecule has 1 N–H and O–H groups in total. The number of carboxylic acids is 1. The zero-order chi connectivity index (χ0) is 15.7. The zero-order valence-corrected chi connectivity index (χ0v) is 12.8. The summed E-state index contributed by atoms with van der Waals surface area (Å²) in [6.07, 6.45) is -0.324. The molecule has 5 heteroatoms. The first-order valence-electron chi connectivity index (χ1n) is 7.23. The number of rotatable bonds is 4. The molecule has 1 aromatic rings.